The molecule has 1 heterocycles. The van der Waals surface area contributed by atoms with Crippen molar-refractivity contribution in [1.82, 2.24) is 10.2 Å². The predicted octanol–water partition coefficient (Wildman–Crippen LogP) is 3.49. The number of phenols is 1. The van der Waals surface area contributed by atoms with Gasteiger partial charge in [0.05, 0.1) is 7.11 Å². The number of rotatable bonds is 5. The molecule has 0 saturated heterocycles. The summed E-state index contributed by atoms with van der Waals surface area (Å²) >= 11 is 0. The van der Waals surface area contributed by atoms with Crippen LogP contribution in [0.2, 0.25) is 0 Å². The Morgan fingerprint density at radius 2 is 2.08 bits per heavy atom. The number of hydrogen-bond donors (Lipinski definition) is 3. The van der Waals surface area contributed by atoms with Gasteiger partial charge in [-0.15, -0.1) is 0 Å². The minimum absolute atomic E-state index is 0.0477. The number of H-pyrrole nitrogens is 1. The van der Waals surface area contributed by atoms with Gasteiger partial charge in [0.15, 0.2) is 17.3 Å². The first-order valence-corrected chi connectivity index (χ1v) is 7.43. The number of nitriles is 1. The number of hydrogen-bond acceptors (Lipinski definition) is 6. The van der Waals surface area contributed by atoms with Crippen molar-refractivity contribution in [3.63, 3.8) is 0 Å². The summed E-state index contributed by atoms with van der Waals surface area (Å²) in [6.45, 7) is 0. The van der Waals surface area contributed by atoms with Crippen LogP contribution < -0.4 is 10.1 Å². The zero-order chi connectivity index (χ0) is 17.6. The number of nitrogens with one attached hydrogen (secondary N) is 2. The lowest BCUT2D eigenvalue weighted by atomic mass is 10.2. The average Bonchev–Trinajstić information content (AvgIpc) is 3.03. The molecule has 0 saturated carbocycles. The quantitative estimate of drug-likeness (QED) is 0.620. The van der Waals surface area contributed by atoms with Crippen molar-refractivity contribution in [1.29, 1.82) is 5.26 Å². The molecule has 0 bridgehead atoms. The number of para-hydroxylation sites is 1. The summed E-state index contributed by atoms with van der Waals surface area (Å²) in [5.41, 5.74) is 1.85. The van der Waals surface area contributed by atoms with Crippen LogP contribution in [0.15, 0.2) is 53.5 Å². The molecule has 7 nitrogen and oxygen atoms in total. The highest BCUT2D eigenvalue weighted by Crippen LogP contribution is 2.27. The zero-order valence-corrected chi connectivity index (χ0v) is 13.4. The molecular weight excluding hydrogens is 318 g/mol. The van der Waals surface area contributed by atoms with Crippen molar-refractivity contribution in [3.8, 4) is 17.6 Å². The van der Waals surface area contributed by atoms with Crippen LogP contribution in [0.1, 0.15) is 11.1 Å². The Labute approximate surface area is 144 Å². The molecule has 124 valence electrons. The van der Waals surface area contributed by atoms with Gasteiger partial charge in [0.2, 0.25) is 0 Å². The number of ether oxygens (including phenoxy) is 1. The van der Waals surface area contributed by atoms with E-state index in [0.29, 0.717) is 22.7 Å². The number of anilines is 2. The number of nitrogens with zero attached hydrogens (tertiary/aromatic N) is 3. The van der Waals surface area contributed by atoms with E-state index in [1.165, 1.54) is 13.2 Å². The van der Waals surface area contributed by atoms with Crippen LogP contribution in [-0.4, -0.2) is 28.6 Å². The Kier molecular flexibility index (Phi) is 4.62. The SMILES string of the molecule is COc1cc(C=Nc2n[nH]c(Nc3ccccc3)c2C#N)ccc1O. The zero-order valence-electron chi connectivity index (χ0n) is 13.4. The van der Waals surface area contributed by atoms with Gasteiger partial charge in [-0.05, 0) is 35.9 Å². The lowest BCUT2D eigenvalue weighted by Gasteiger charge is -2.03. The molecular formula is C18H15N5O2. The second-order valence-corrected chi connectivity index (χ2v) is 5.09. The van der Waals surface area contributed by atoms with E-state index < -0.39 is 0 Å². The number of aromatic hydroxyl groups is 1. The Morgan fingerprint density at radius 1 is 1.28 bits per heavy atom. The first-order valence-electron chi connectivity index (χ1n) is 7.43. The molecule has 0 spiro atoms. The highest BCUT2D eigenvalue weighted by molar-refractivity contribution is 5.84. The Hall–Kier alpha value is -3.79. The maximum Gasteiger partial charge on any atom is 0.193 e. The van der Waals surface area contributed by atoms with Gasteiger partial charge in [-0.3, -0.25) is 5.10 Å². The summed E-state index contributed by atoms with van der Waals surface area (Å²) in [5.74, 6) is 1.14. The summed E-state index contributed by atoms with van der Waals surface area (Å²) in [5, 5.41) is 29.0. The van der Waals surface area contributed by atoms with Crippen LogP contribution >= 0.6 is 0 Å². The first kappa shape index (κ1) is 16.1. The molecule has 0 unspecified atom stereocenters. The van der Waals surface area contributed by atoms with Crippen LogP contribution in [-0.2, 0) is 0 Å². The fourth-order valence-electron chi connectivity index (χ4n) is 2.20. The number of aromatic nitrogens is 2. The van der Waals surface area contributed by atoms with Crippen molar-refractivity contribution in [2.45, 2.75) is 0 Å². The third-order valence-corrected chi connectivity index (χ3v) is 3.44. The van der Waals surface area contributed by atoms with E-state index in [1.807, 2.05) is 30.3 Å². The maximum atomic E-state index is 9.61. The average molecular weight is 333 g/mol. The second kappa shape index (κ2) is 7.19. The molecule has 3 N–H and O–H groups in total. The predicted molar refractivity (Wildman–Crippen MR) is 94.9 cm³/mol. The number of benzene rings is 2. The molecule has 1 aromatic heterocycles. The number of methoxy groups -OCH3 is 1. The summed E-state index contributed by atoms with van der Waals surface area (Å²) in [7, 11) is 1.47. The summed E-state index contributed by atoms with van der Waals surface area (Å²) in [4.78, 5) is 4.25. The first-order chi connectivity index (χ1) is 12.2. The van der Waals surface area contributed by atoms with Crippen molar-refractivity contribution >= 4 is 23.5 Å². The van der Waals surface area contributed by atoms with E-state index in [4.69, 9.17) is 4.74 Å². The Bertz CT molecular complexity index is 942. The topological polar surface area (TPSA) is 106 Å². The normalized spacial score (nSPS) is 10.6. The molecule has 2 aromatic carbocycles. The van der Waals surface area contributed by atoms with Crippen molar-refractivity contribution < 1.29 is 9.84 Å². The molecule has 0 aliphatic rings. The third kappa shape index (κ3) is 3.59. The number of phenolic OH excluding ortho intramolecular Hbond substituents is 1. The molecule has 0 fully saturated rings. The maximum absolute atomic E-state index is 9.61. The summed E-state index contributed by atoms with van der Waals surface area (Å²) in [6.07, 6.45) is 1.55. The molecule has 0 aliphatic heterocycles. The van der Waals surface area contributed by atoms with E-state index in [0.717, 1.165) is 5.69 Å². The standard InChI is InChI=1S/C18H15N5O2/c1-25-16-9-12(7-8-15(16)24)11-20-17-14(10-19)18(23-22-17)21-13-5-3-2-4-6-13/h2-9,11,24H,1H3,(H2,21,22,23). The van der Waals surface area contributed by atoms with E-state index >= 15 is 0 Å². The van der Waals surface area contributed by atoms with Crippen LogP contribution in [0, 0.1) is 11.3 Å². The van der Waals surface area contributed by atoms with Crippen LogP contribution in [0.25, 0.3) is 0 Å². The van der Waals surface area contributed by atoms with Crippen LogP contribution in [0.4, 0.5) is 17.3 Å². The molecule has 3 aromatic rings. The van der Waals surface area contributed by atoms with Gasteiger partial charge in [-0.25, -0.2) is 4.99 Å². The Balaban J connectivity index is 1.85. The molecule has 0 atom stereocenters. The van der Waals surface area contributed by atoms with Gasteiger partial charge in [-0.2, -0.15) is 10.4 Å². The van der Waals surface area contributed by atoms with Gasteiger partial charge in [0.25, 0.3) is 0 Å². The fourth-order valence-corrected chi connectivity index (χ4v) is 2.20. The monoisotopic (exact) mass is 333 g/mol. The van der Waals surface area contributed by atoms with Gasteiger partial charge in [0.1, 0.15) is 17.5 Å². The van der Waals surface area contributed by atoms with E-state index in [-0.39, 0.29) is 11.6 Å². The minimum Gasteiger partial charge on any atom is -0.504 e. The number of aromatic amines is 1. The molecule has 0 aliphatic carbocycles. The smallest absolute Gasteiger partial charge is 0.193 e. The van der Waals surface area contributed by atoms with Crippen molar-refractivity contribution in [2.24, 2.45) is 4.99 Å². The minimum atomic E-state index is 0.0477. The molecule has 7 heteroatoms. The number of aliphatic imine (C=N–C) groups is 1. The van der Waals surface area contributed by atoms with Crippen LogP contribution in [0.3, 0.4) is 0 Å². The lowest BCUT2D eigenvalue weighted by Crippen LogP contribution is -1.92. The van der Waals surface area contributed by atoms with Gasteiger partial charge in [-0.1, -0.05) is 18.2 Å². The third-order valence-electron chi connectivity index (χ3n) is 3.44. The lowest BCUT2D eigenvalue weighted by molar-refractivity contribution is 0.373. The van der Waals surface area contributed by atoms with Crippen LogP contribution in [0.5, 0.6) is 11.5 Å². The van der Waals surface area contributed by atoms with E-state index in [9.17, 15) is 10.4 Å². The highest BCUT2D eigenvalue weighted by Gasteiger charge is 2.12. The molecule has 3 rings (SSSR count). The summed E-state index contributed by atoms with van der Waals surface area (Å²) in [6, 6.07) is 16.4. The van der Waals surface area contributed by atoms with E-state index in [2.05, 4.69) is 26.6 Å². The summed E-state index contributed by atoms with van der Waals surface area (Å²) < 4.78 is 5.06. The largest absolute Gasteiger partial charge is 0.504 e. The van der Waals surface area contributed by atoms with Crippen molar-refractivity contribution in [3.05, 3.63) is 59.7 Å². The molecule has 0 amide bonds. The van der Waals surface area contributed by atoms with Gasteiger partial charge < -0.3 is 15.2 Å². The fraction of sp³-hybridized carbons (Fsp3) is 0.0556. The molecule has 25 heavy (non-hydrogen) atoms. The van der Waals surface area contributed by atoms with Crippen molar-refractivity contribution in [2.75, 3.05) is 12.4 Å². The van der Waals surface area contributed by atoms with Gasteiger partial charge in [0, 0.05) is 11.9 Å². The second-order valence-electron chi connectivity index (χ2n) is 5.09. The van der Waals surface area contributed by atoms with E-state index in [1.54, 1.807) is 18.3 Å². The molecule has 0 radical (unpaired) electrons. The van der Waals surface area contributed by atoms with Gasteiger partial charge >= 0.3 is 0 Å². The Morgan fingerprint density at radius 3 is 2.80 bits per heavy atom. The highest BCUT2D eigenvalue weighted by atomic mass is 16.5.